The highest BCUT2D eigenvalue weighted by molar-refractivity contribution is 6.03. The number of benzene rings is 2. The number of aromatic nitrogens is 2. The Hall–Kier alpha value is -3.55. The third-order valence-electron chi connectivity index (χ3n) is 4.55. The molecule has 1 N–H and O–H groups in total. The Labute approximate surface area is 160 Å². The van der Waals surface area contributed by atoms with E-state index in [4.69, 9.17) is 4.42 Å². The number of nitrogens with zero attached hydrogens (tertiary/aromatic N) is 3. The molecule has 2 aromatic carbocycles. The monoisotopic (exact) mass is 380 g/mol. The first-order chi connectivity index (χ1) is 13.5. The molecular weight excluding hydrogens is 363 g/mol. The standard InChI is InChI=1S/C20H17FN4O3/c1-12-3-2-4-13(9-12)18(27)22-20-24-23-19(28-20)14-10-17(26)25(11-14)16-7-5-15(21)6-8-16/h2-9,14H,10-11H2,1H3,(H,22,24,27). The molecule has 1 aromatic heterocycles. The highest BCUT2D eigenvalue weighted by Crippen LogP contribution is 2.31. The summed E-state index contributed by atoms with van der Waals surface area (Å²) in [6, 6.07) is 12.8. The number of hydrogen-bond donors (Lipinski definition) is 1. The molecule has 142 valence electrons. The van der Waals surface area contributed by atoms with Crippen molar-refractivity contribution in [1.29, 1.82) is 0 Å². The van der Waals surface area contributed by atoms with Crippen LogP contribution < -0.4 is 10.2 Å². The van der Waals surface area contributed by atoms with Gasteiger partial charge in [-0.3, -0.25) is 14.9 Å². The van der Waals surface area contributed by atoms with Crippen LogP contribution in [0.4, 0.5) is 16.1 Å². The van der Waals surface area contributed by atoms with Gasteiger partial charge < -0.3 is 9.32 Å². The van der Waals surface area contributed by atoms with Crippen molar-refractivity contribution in [3.63, 3.8) is 0 Å². The lowest BCUT2D eigenvalue weighted by atomic mass is 10.1. The van der Waals surface area contributed by atoms with Crippen LogP contribution in [0.5, 0.6) is 0 Å². The Morgan fingerprint density at radius 3 is 2.75 bits per heavy atom. The fourth-order valence-corrected chi connectivity index (χ4v) is 3.15. The first-order valence-corrected chi connectivity index (χ1v) is 8.77. The first-order valence-electron chi connectivity index (χ1n) is 8.77. The Balaban J connectivity index is 1.45. The van der Waals surface area contributed by atoms with E-state index in [-0.39, 0.29) is 41.9 Å². The number of amides is 2. The molecule has 0 radical (unpaired) electrons. The van der Waals surface area contributed by atoms with Gasteiger partial charge in [0.2, 0.25) is 11.8 Å². The maximum Gasteiger partial charge on any atom is 0.322 e. The first kappa shape index (κ1) is 17.8. The normalized spacial score (nSPS) is 16.4. The predicted octanol–water partition coefficient (Wildman–Crippen LogP) is 3.29. The van der Waals surface area contributed by atoms with E-state index in [0.717, 1.165) is 5.56 Å². The second kappa shape index (κ2) is 7.22. The Morgan fingerprint density at radius 1 is 1.21 bits per heavy atom. The van der Waals surface area contributed by atoms with Crippen LogP contribution in [0.1, 0.15) is 34.2 Å². The maximum atomic E-state index is 13.1. The summed E-state index contributed by atoms with van der Waals surface area (Å²) < 4.78 is 18.6. The van der Waals surface area contributed by atoms with Gasteiger partial charge in [-0.1, -0.05) is 22.8 Å². The number of aryl methyl sites for hydroxylation is 1. The minimum absolute atomic E-state index is 0.0193. The van der Waals surface area contributed by atoms with E-state index in [2.05, 4.69) is 15.5 Å². The molecule has 0 saturated carbocycles. The molecule has 4 rings (SSSR count). The summed E-state index contributed by atoms with van der Waals surface area (Å²) in [5, 5.41) is 10.4. The van der Waals surface area contributed by atoms with E-state index in [1.165, 1.54) is 12.1 Å². The molecule has 1 fully saturated rings. The SMILES string of the molecule is Cc1cccc(C(=O)Nc2nnc(C3CC(=O)N(c4ccc(F)cc4)C3)o2)c1. The Bertz CT molecular complexity index is 1030. The number of hydrogen-bond acceptors (Lipinski definition) is 5. The summed E-state index contributed by atoms with van der Waals surface area (Å²) in [4.78, 5) is 26.2. The van der Waals surface area contributed by atoms with Crippen LogP contribution in [-0.2, 0) is 4.79 Å². The van der Waals surface area contributed by atoms with Crippen LogP contribution in [-0.4, -0.2) is 28.6 Å². The van der Waals surface area contributed by atoms with Crippen LogP contribution in [0.15, 0.2) is 52.9 Å². The number of nitrogens with one attached hydrogen (secondary N) is 1. The third kappa shape index (κ3) is 3.62. The maximum absolute atomic E-state index is 13.1. The molecule has 3 aromatic rings. The highest BCUT2D eigenvalue weighted by Gasteiger charge is 2.35. The van der Waals surface area contributed by atoms with Crippen molar-refractivity contribution >= 4 is 23.5 Å². The van der Waals surface area contributed by atoms with Gasteiger partial charge in [0.25, 0.3) is 5.91 Å². The molecule has 1 saturated heterocycles. The van der Waals surface area contributed by atoms with Gasteiger partial charge in [-0.05, 0) is 43.3 Å². The minimum Gasteiger partial charge on any atom is -0.407 e. The van der Waals surface area contributed by atoms with Crippen LogP contribution >= 0.6 is 0 Å². The predicted molar refractivity (Wildman–Crippen MR) is 99.5 cm³/mol. The molecule has 1 aliphatic heterocycles. The number of carbonyl (C=O) groups excluding carboxylic acids is 2. The molecule has 1 atom stereocenters. The molecule has 28 heavy (non-hydrogen) atoms. The number of halogens is 1. The lowest BCUT2D eigenvalue weighted by Crippen LogP contribution is -2.24. The molecule has 7 nitrogen and oxygen atoms in total. The van der Waals surface area contributed by atoms with Crippen LogP contribution in [0, 0.1) is 12.7 Å². The van der Waals surface area contributed by atoms with E-state index < -0.39 is 0 Å². The van der Waals surface area contributed by atoms with Gasteiger partial charge in [-0.2, -0.15) is 0 Å². The summed E-state index contributed by atoms with van der Waals surface area (Å²) in [5.41, 5.74) is 2.06. The quantitative estimate of drug-likeness (QED) is 0.750. The third-order valence-corrected chi connectivity index (χ3v) is 4.55. The van der Waals surface area contributed by atoms with Gasteiger partial charge in [0.1, 0.15) is 5.82 Å². The average Bonchev–Trinajstić information content (AvgIpc) is 3.29. The molecule has 0 spiro atoms. The second-order valence-electron chi connectivity index (χ2n) is 6.65. The van der Waals surface area contributed by atoms with Gasteiger partial charge in [-0.25, -0.2) is 4.39 Å². The van der Waals surface area contributed by atoms with Gasteiger partial charge >= 0.3 is 6.01 Å². The summed E-state index contributed by atoms with van der Waals surface area (Å²) in [6.45, 7) is 2.24. The van der Waals surface area contributed by atoms with Gasteiger partial charge in [-0.15, -0.1) is 5.10 Å². The lowest BCUT2D eigenvalue weighted by molar-refractivity contribution is -0.117. The smallest absolute Gasteiger partial charge is 0.322 e. The molecule has 0 aliphatic carbocycles. The van der Waals surface area contributed by atoms with E-state index in [0.29, 0.717) is 17.8 Å². The lowest BCUT2D eigenvalue weighted by Gasteiger charge is -2.15. The number of rotatable bonds is 4. The van der Waals surface area contributed by atoms with Crippen LogP contribution in [0.3, 0.4) is 0 Å². The van der Waals surface area contributed by atoms with Crippen molar-refractivity contribution in [1.82, 2.24) is 10.2 Å². The molecule has 2 amide bonds. The summed E-state index contributed by atoms with van der Waals surface area (Å²) in [6.07, 6.45) is 0.199. The Kier molecular flexibility index (Phi) is 4.60. The average molecular weight is 380 g/mol. The Morgan fingerprint density at radius 2 is 2.00 bits per heavy atom. The molecule has 1 unspecified atom stereocenters. The molecule has 0 bridgehead atoms. The van der Waals surface area contributed by atoms with E-state index in [1.807, 2.05) is 13.0 Å². The van der Waals surface area contributed by atoms with Crippen molar-refractivity contribution in [2.24, 2.45) is 0 Å². The van der Waals surface area contributed by atoms with E-state index in [1.54, 1.807) is 35.2 Å². The summed E-state index contributed by atoms with van der Waals surface area (Å²) in [5.74, 6) is -0.848. The van der Waals surface area contributed by atoms with Crippen molar-refractivity contribution < 1.29 is 18.4 Å². The van der Waals surface area contributed by atoms with E-state index >= 15 is 0 Å². The minimum atomic E-state index is -0.363. The van der Waals surface area contributed by atoms with Crippen LogP contribution in [0.25, 0.3) is 0 Å². The van der Waals surface area contributed by atoms with Crippen molar-refractivity contribution in [3.8, 4) is 0 Å². The van der Waals surface area contributed by atoms with Crippen molar-refractivity contribution in [2.75, 3.05) is 16.8 Å². The highest BCUT2D eigenvalue weighted by atomic mass is 19.1. The van der Waals surface area contributed by atoms with Gasteiger partial charge in [0, 0.05) is 24.2 Å². The van der Waals surface area contributed by atoms with Crippen LogP contribution in [0.2, 0.25) is 0 Å². The second-order valence-corrected chi connectivity index (χ2v) is 6.65. The van der Waals surface area contributed by atoms with Crippen molar-refractivity contribution in [2.45, 2.75) is 19.3 Å². The number of anilines is 2. The fraction of sp³-hybridized carbons (Fsp3) is 0.200. The summed E-state index contributed by atoms with van der Waals surface area (Å²) in [7, 11) is 0. The molecular formula is C20H17FN4O3. The zero-order valence-electron chi connectivity index (χ0n) is 15.1. The van der Waals surface area contributed by atoms with Crippen molar-refractivity contribution in [3.05, 3.63) is 71.4 Å². The van der Waals surface area contributed by atoms with Gasteiger partial charge in [0.15, 0.2) is 0 Å². The molecule has 8 heteroatoms. The topological polar surface area (TPSA) is 88.3 Å². The zero-order valence-corrected chi connectivity index (χ0v) is 15.1. The largest absolute Gasteiger partial charge is 0.407 e. The van der Waals surface area contributed by atoms with Gasteiger partial charge in [0.05, 0.1) is 5.92 Å². The molecule has 2 heterocycles. The number of carbonyl (C=O) groups is 2. The zero-order chi connectivity index (χ0) is 19.7. The molecule has 1 aliphatic rings. The van der Waals surface area contributed by atoms with E-state index in [9.17, 15) is 14.0 Å². The fourth-order valence-electron chi connectivity index (χ4n) is 3.15. The summed E-state index contributed by atoms with van der Waals surface area (Å²) >= 11 is 0.